The highest BCUT2D eigenvalue weighted by atomic mass is 32.2. The predicted molar refractivity (Wildman–Crippen MR) is 61.4 cm³/mol. The fourth-order valence-electron chi connectivity index (χ4n) is 1.51. The lowest BCUT2D eigenvalue weighted by atomic mass is 10.1. The summed E-state index contributed by atoms with van der Waals surface area (Å²) in [5.74, 6) is 0. The lowest BCUT2D eigenvalue weighted by Gasteiger charge is -2.17. The van der Waals surface area contributed by atoms with E-state index in [0.29, 0.717) is 5.56 Å². The summed E-state index contributed by atoms with van der Waals surface area (Å²) in [4.78, 5) is 0. The Balaban J connectivity index is 3.07. The van der Waals surface area contributed by atoms with Gasteiger partial charge >= 0.3 is 0 Å². The molecule has 4 nitrogen and oxygen atoms in total. The zero-order valence-corrected chi connectivity index (χ0v) is 10.1. The maximum Gasteiger partial charge on any atom is 0.274 e. The van der Waals surface area contributed by atoms with Crippen LogP contribution in [0.15, 0.2) is 30.3 Å². The summed E-state index contributed by atoms with van der Waals surface area (Å²) in [6, 6.07) is 8.75. The number of hydrogen-bond acceptors (Lipinski definition) is 4. The summed E-state index contributed by atoms with van der Waals surface area (Å²) in [6.07, 6.45) is -0.574. The molecule has 0 saturated heterocycles. The van der Waals surface area contributed by atoms with E-state index in [9.17, 15) is 13.5 Å². The molecule has 0 spiro atoms. The fraction of sp³-hybridized carbons (Fsp3) is 0.455. The fourth-order valence-corrected chi connectivity index (χ4v) is 2.75. The molecule has 0 amide bonds. The first-order chi connectivity index (χ1) is 7.47. The number of aliphatic hydroxyl groups is 1. The molecule has 90 valence electrons. The van der Waals surface area contributed by atoms with Crippen LogP contribution in [-0.2, 0) is 14.3 Å². The van der Waals surface area contributed by atoms with Crippen LogP contribution >= 0.6 is 0 Å². The molecule has 0 aliphatic rings. The maximum atomic E-state index is 11.7. The van der Waals surface area contributed by atoms with Gasteiger partial charge in [0.05, 0.1) is 13.2 Å². The van der Waals surface area contributed by atoms with E-state index in [-0.39, 0.29) is 6.42 Å². The van der Waals surface area contributed by atoms with E-state index < -0.39 is 21.5 Å². The van der Waals surface area contributed by atoms with Crippen molar-refractivity contribution >= 4 is 10.1 Å². The largest absolute Gasteiger partial charge is 0.393 e. The van der Waals surface area contributed by atoms with Crippen LogP contribution in [0.4, 0.5) is 0 Å². The quantitative estimate of drug-likeness (QED) is 0.797. The van der Waals surface area contributed by atoms with Crippen molar-refractivity contribution in [2.45, 2.75) is 24.7 Å². The maximum absolute atomic E-state index is 11.7. The van der Waals surface area contributed by atoms with Crippen LogP contribution < -0.4 is 0 Å². The SMILES string of the molecule is COS(=O)(=O)[C@H](C[C@@H](C)O)c1ccccc1. The van der Waals surface area contributed by atoms with Crippen molar-refractivity contribution in [3.05, 3.63) is 35.9 Å². The van der Waals surface area contributed by atoms with Crippen molar-refractivity contribution in [1.29, 1.82) is 0 Å². The molecule has 1 rings (SSSR count). The van der Waals surface area contributed by atoms with Gasteiger partial charge in [0.1, 0.15) is 5.25 Å². The van der Waals surface area contributed by atoms with Crippen LogP contribution in [0.25, 0.3) is 0 Å². The standard InChI is InChI=1S/C11H16O4S/c1-9(12)8-11(16(13,14)15-2)10-6-4-3-5-7-10/h3-7,9,11-12H,8H2,1-2H3/t9-,11-/m1/s1. The molecule has 0 unspecified atom stereocenters. The van der Waals surface area contributed by atoms with Gasteiger partial charge in [-0.05, 0) is 18.9 Å². The van der Waals surface area contributed by atoms with Crippen molar-refractivity contribution < 1.29 is 17.7 Å². The zero-order chi connectivity index (χ0) is 12.2. The zero-order valence-electron chi connectivity index (χ0n) is 9.33. The molecule has 1 N–H and O–H groups in total. The highest BCUT2D eigenvalue weighted by molar-refractivity contribution is 7.87. The lowest BCUT2D eigenvalue weighted by Crippen LogP contribution is -2.19. The Kier molecular flexibility index (Phi) is 4.46. The van der Waals surface area contributed by atoms with Crippen molar-refractivity contribution in [1.82, 2.24) is 0 Å². The van der Waals surface area contributed by atoms with Crippen LogP contribution in [-0.4, -0.2) is 26.7 Å². The first kappa shape index (κ1) is 13.2. The normalized spacial score (nSPS) is 15.7. The van der Waals surface area contributed by atoms with Gasteiger partial charge in [0.15, 0.2) is 0 Å². The third-order valence-electron chi connectivity index (χ3n) is 2.31. The minimum Gasteiger partial charge on any atom is -0.393 e. The monoisotopic (exact) mass is 244 g/mol. The smallest absolute Gasteiger partial charge is 0.274 e. The Labute approximate surface area is 96.0 Å². The van der Waals surface area contributed by atoms with E-state index >= 15 is 0 Å². The average molecular weight is 244 g/mol. The van der Waals surface area contributed by atoms with Gasteiger partial charge in [-0.25, -0.2) is 0 Å². The van der Waals surface area contributed by atoms with Gasteiger partial charge in [-0.15, -0.1) is 0 Å². The van der Waals surface area contributed by atoms with E-state index in [1.807, 2.05) is 6.07 Å². The molecule has 0 aliphatic carbocycles. The molecule has 5 heteroatoms. The molecule has 0 radical (unpaired) electrons. The van der Waals surface area contributed by atoms with Crippen molar-refractivity contribution in [3.8, 4) is 0 Å². The number of benzene rings is 1. The second kappa shape index (κ2) is 5.43. The summed E-state index contributed by atoms with van der Waals surface area (Å²) in [5.41, 5.74) is 0.630. The molecule has 0 bridgehead atoms. The number of aliphatic hydroxyl groups excluding tert-OH is 1. The Bertz CT molecular complexity index is 411. The molecule has 2 atom stereocenters. The summed E-state index contributed by atoms with van der Waals surface area (Å²) >= 11 is 0. The molecular formula is C11H16O4S. The summed E-state index contributed by atoms with van der Waals surface area (Å²) in [7, 11) is -2.54. The van der Waals surface area contributed by atoms with Gasteiger partial charge in [0.2, 0.25) is 0 Å². The van der Waals surface area contributed by atoms with Crippen molar-refractivity contribution in [3.63, 3.8) is 0 Å². The molecule has 1 aromatic rings. The van der Waals surface area contributed by atoms with Gasteiger partial charge in [-0.1, -0.05) is 30.3 Å². The predicted octanol–water partition coefficient (Wildman–Crippen LogP) is 1.47. The molecule has 16 heavy (non-hydrogen) atoms. The van der Waals surface area contributed by atoms with Crippen LogP contribution in [0.2, 0.25) is 0 Å². The molecule has 0 aromatic heterocycles. The van der Waals surface area contributed by atoms with Gasteiger partial charge in [-0.2, -0.15) is 8.42 Å². The van der Waals surface area contributed by atoms with E-state index in [1.165, 1.54) is 0 Å². The molecule has 1 aromatic carbocycles. The third kappa shape index (κ3) is 3.30. The Morgan fingerprint density at radius 2 is 1.88 bits per heavy atom. The van der Waals surface area contributed by atoms with Crippen molar-refractivity contribution in [2.75, 3.05) is 7.11 Å². The molecule has 0 fully saturated rings. The van der Waals surface area contributed by atoms with Crippen LogP contribution in [0.5, 0.6) is 0 Å². The van der Waals surface area contributed by atoms with E-state index in [4.69, 9.17) is 0 Å². The van der Waals surface area contributed by atoms with Gasteiger partial charge < -0.3 is 5.11 Å². The lowest BCUT2D eigenvalue weighted by molar-refractivity contribution is 0.180. The van der Waals surface area contributed by atoms with Gasteiger partial charge in [0.25, 0.3) is 10.1 Å². The van der Waals surface area contributed by atoms with Gasteiger partial charge in [-0.3, -0.25) is 4.18 Å². The Morgan fingerprint density at radius 3 is 2.31 bits per heavy atom. The third-order valence-corrected chi connectivity index (χ3v) is 3.93. The van der Waals surface area contributed by atoms with Crippen LogP contribution in [0.1, 0.15) is 24.2 Å². The summed E-state index contributed by atoms with van der Waals surface area (Å²) < 4.78 is 27.9. The number of rotatable bonds is 5. The average Bonchev–Trinajstić information content (AvgIpc) is 2.27. The highest BCUT2D eigenvalue weighted by Gasteiger charge is 2.28. The Morgan fingerprint density at radius 1 is 1.31 bits per heavy atom. The Hall–Kier alpha value is -0.910. The first-order valence-electron chi connectivity index (χ1n) is 5.00. The van der Waals surface area contributed by atoms with E-state index in [0.717, 1.165) is 7.11 Å². The highest BCUT2D eigenvalue weighted by Crippen LogP contribution is 2.28. The molecule has 0 aliphatic heterocycles. The van der Waals surface area contributed by atoms with Crippen molar-refractivity contribution in [2.24, 2.45) is 0 Å². The summed E-state index contributed by atoms with van der Waals surface area (Å²) in [5, 5.41) is 8.50. The molecular weight excluding hydrogens is 228 g/mol. The van der Waals surface area contributed by atoms with E-state index in [1.54, 1.807) is 31.2 Å². The van der Waals surface area contributed by atoms with Crippen LogP contribution in [0.3, 0.4) is 0 Å². The summed E-state index contributed by atoms with van der Waals surface area (Å²) in [6.45, 7) is 1.56. The van der Waals surface area contributed by atoms with Gasteiger partial charge in [0, 0.05) is 0 Å². The molecule has 0 heterocycles. The minimum absolute atomic E-state index is 0.125. The topological polar surface area (TPSA) is 63.6 Å². The van der Waals surface area contributed by atoms with E-state index in [2.05, 4.69) is 4.18 Å². The molecule has 0 saturated carbocycles. The second-order valence-electron chi connectivity index (χ2n) is 3.64. The number of hydrogen-bond donors (Lipinski definition) is 1. The first-order valence-corrected chi connectivity index (χ1v) is 6.47. The van der Waals surface area contributed by atoms with Crippen LogP contribution in [0, 0.1) is 0 Å². The minimum atomic E-state index is -3.67. The second-order valence-corrected chi connectivity index (χ2v) is 5.53.